The minimum absolute atomic E-state index is 0.192. The third-order valence-electron chi connectivity index (χ3n) is 5.84. The maximum absolute atomic E-state index is 12.8. The molecule has 3 aromatic carbocycles. The lowest BCUT2D eigenvalue weighted by Gasteiger charge is -2.21. The average molecular weight is 571 g/mol. The summed E-state index contributed by atoms with van der Waals surface area (Å²) >= 11 is 11.8. The Morgan fingerprint density at radius 1 is 1.00 bits per heavy atom. The van der Waals surface area contributed by atoms with E-state index in [4.69, 9.17) is 42.1 Å². The highest BCUT2D eigenvalue weighted by atomic mass is 35.5. The third-order valence-corrected chi connectivity index (χ3v) is 6.35. The first-order valence-corrected chi connectivity index (χ1v) is 12.3. The van der Waals surface area contributed by atoms with Gasteiger partial charge in [-0.25, -0.2) is 9.59 Å². The molecule has 0 bridgehead atoms. The molecular formula is C27H20Cl2N2O8. The smallest absolute Gasteiger partial charge is 0.338 e. The lowest BCUT2D eigenvalue weighted by Crippen LogP contribution is -2.33. The van der Waals surface area contributed by atoms with E-state index in [0.717, 1.165) is 0 Å². The Morgan fingerprint density at radius 3 is 2.18 bits per heavy atom. The second kappa shape index (κ2) is 12.2. The molecule has 0 saturated carbocycles. The predicted molar refractivity (Wildman–Crippen MR) is 138 cm³/mol. The number of benzene rings is 3. The van der Waals surface area contributed by atoms with Crippen LogP contribution in [0, 0.1) is 21.4 Å². The van der Waals surface area contributed by atoms with E-state index in [1.165, 1.54) is 66.7 Å². The minimum atomic E-state index is -1.94. The van der Waals surface area contributed by atoms with Gasteiger partial charge < -0.3 is 18.9 Å². The van der Waals surface area contributed by atoms with Crippen LogP contribution in [0.25, 0.3) is 0 Å². The molecule has 0 amide bonds. The van der Waals surface area contributed by atoms with Gasteiger partial charge in [-0.15, -0.1) is 0 Å². The third kappa shape index (κ3) is 6.90. The Labute approximate surface area is 232 Å². The molecule has 200 valence electrons. The van der Waals surface area contributed by atoms with Crippen LogP contribution < -0.4 is 0 Å². The highest BCUT2D eigenvalue weighted by Crippen LogP contribution is 2.36. The first-order valence-electron chi connectivity index (χ1n) is 11.5. The molecule has 0 radical (unpaired) electrons. The standard InChI is InChI=1S/C27H20Cl2N2O8/c28-20-9-5-17(6-10-20)25(32)36-15-24-23(38-26(33)18-7-11-21(29)12-8-18)13-27(16-30,39-24)37-14-19-3-1-2-4-22(19)31(34)35/h1-12,23-24H,13-15H2/t23-,24+,27-/m0/s1. The van der Waals surface area contributed by atoms with Crippen molar-refractivity contribution >= 4 is 40.8 Å². The monoisotopic (exact) mass is 570 g/mol. The maximum Gasteiger partial charge on any atom is 0.338 e. The fourth-order valence-corrected chi connectivity index (χ4v) is 4.10. The van der Waals surface area contributed by atoms with Crippen LogP contribution in [0.4, 0.5) is 5.69 Å². The zero-order chi connectivity index (χ0) is 28.0. The first-order chi connectivity index (χ1) is 18.7. The fourth-order valence-electron chi connectivity index (χ4n) is 3.84. The van der Waals surface area contributed by atoms with Crippen molar-refractivity contribution in [1.29, 1.82) is 5.26 Å². The van der Waals surface area contributed by atoms with Crippen LogP contribution in [0.15, 0.2) is 72.8 Å². The topological polar surface area (TPSA) is 138 Å². The lowest BCUT2D eigenvalue weighted by molar-refractivity contribution is -0.386. The zero-order valence-corrected chi connectivity index (χ0v) is 21.6. The Hall–Kier alpha value is -4.01. The molecule has 0 spiro atoms. The van der Waals surface area contributed by atoms with Gasteiger partial charge in [-0.3, -0.25) is 10.1 Å². The van der Waals surface area contributed by atoms with Crippen LogP contribution in [-0.2, 0) is 25.6 Å². The number of para-hydroxylation sites is 1. The predicted octanol–water partition coefficient (Wildman–Crippen LogP) is 5.51. The summed E-state index contributed by atoms with van der Waals surface area (Å²) in [5.74, 6) is -3.35. The molecule has 1 aliphatic rings. The number of hydrogen-bond donors (Lipinski definition) is 0. The molecule has 0 unspecified atom stereocenters. The van der Waals surface area contributed by atoms with Gasteiger partial charge >= 0.3 is 11.9 Å². The number of nitro groups is 1. The number of hydrogen-bond acceptors (Lipinski definition) is 9. The Kier molecular flexibility index (Phi) is 8.79. The minimum Gasteiger partial charge on any atom is -0.459 e. The summed E-state index contributed by atoms with van der Waals surface area (Å²) in [6.07, 6.45) is -2.38. The number of rotatable bonds is 9. The summed E-state index contributed by atoms with van der Waals surface area (Å²) < 4.78 is 22.6. The number of esters is 2. The summed E-state index contributed by atoms with van der Waals surface area (Å²) in [6.45, 7) is -0.710. The molecule has 1 fully saturated rings. The van der Waals surface area contributed by atoms with E-state index in [0.29, 0.717) is 10.0 Å². The van der Waals surface area contributed by atoms with Gasteiger partial charge in [0.05, 0.1) is 34.6 Å². The van der Waals surface area contributed by atoms with Crippen LogP contribution in [0.1, 0.15) is 32.7 Å². The number of carbonyl (C=O) groups excluding carboxylic acids is 2. The number of nitrogens with zero attached hydrogens (tertiary/aromatic N) is 2. The van der Waals surface area contributed by atoms with Gasteiger partial charge in [0.2, 0.25) is 0 Å². The molecule has 10 nitrogen and oxygen atoms in total. The van der Waals surface area contributed by atoms with E-state index < -0.39 is 34.9 Å². The van der Waals surface area contributed by atoms with Crippen molar-refractivity contribution in [2.45, 2.75) is 31.0 Å². The Balaban J connectivity index is 1.52. The van der Waals surface area contributed by atoms with Gasteiger partial charge in [0.25, 0.3) is 11.5 Å². The maximum atomic E-state index is 12.8. The second-order valence-electron chi connectivity index (χ2n) is 8.46. The summed E-state index contributed by atoms with van der Waals surface area (Å²) in [5, 5.41) is 22.2. The molecule has 4 rings (SSSR count). The van der Waals surface area contributed by atoms with E-state index in [-0.39, 0.29) is 42.0 Å². The number of nitriles is 1. The molecular weight excluding hydrogens is 551 g/mol. The van der Waals surface area contributed by atoms with E-state index in [1.54, 1.807) is 6.07 Å². The van der Waals surface area contributed by atoms with Crippen LogP contribution >= 0.6 is 23.2 Å². The quantitative estimate of drug-likeness (QED) is 0.185. The number of nitro benzene ring substituents is 1. The molecule has 1 aliphatic heterocycles. The van der Waals surface area contributed by atoms with Gasteiger partial charge in [0.15, 0.2) is 0 Å². The molecule has 0 N–H and O–H groups in total. The molecule has 3 aromatic rings. The zero-order valence-electron chi connectivity index (χ0n) is 20.1. The SMILES string of the molecule is N#C[C@]1(OCc2ccccc2[N+](=O)[O-])C[C@H](OC(=O)c2ccc(Cl)cc2)[C@@H](COC(=O)c2ccc(Cl)cc2)O1. The molecule has 12 heteroatoms. The molecule has 0 aromatic heterocycles. The van der Waals surface area contributed by atoms with Crippen molar-refractivity contribution < 1.29 is 33.5 Å². The van der Waals surface area contributed by atoms with E-state index in [1.807, 2.05) is 6.07 Å². The highest BCUT2D eigenvalue weighted by Gasteiger charge is 2.51. The lowest BCUT2D eigenvalue weighted by atomic mass is 10.1. The largest absolute Gasteiger partial charge is 0.459 e. The molecule has 1 heterocycles. The van der Waals surface area contributed by atoms with Gasteiger partial charge in [0, 0.05) is 16.1 Å². The second-order valence-corrected chi connectivity index (χ2v) is 9.33. The molecule has 0 aliphatic carbocycles. The normalized spacial score (nSPS) is 20.1. The van der Waals surface area contributed by atoms with Gasteiger partial charge in [0.1, 0.15) is 24.9 Å². The molecule has 39 heavy (non-hydrogen) atoms. The van der Waals surface area contributed by atoms with E-state index >= 15 is 0 Å². The summed E-state index contributed by atoms with van der Waals surface area (Å²) in [6, 6.07) is 19.8. The number of carbonyl (C=O) groups is 2. The Bertz CT molecular complexity index is 1410. The summed E-state index contributed by atoms with van der Waals surface area (Å²) in [4.78, 5) is 36.1. The van der Waals surface area contributed by atoms with Crippen LogP contribution in [-0.4, -0.2) is 41.5 Å². The van der Waals surface area contributed by atoms with Crippen LogP contribution in [0.2, 0.25) is 10.0 Å². The highest BCUT2D eigenvalue weighted by molar-refractivity contribution is 6.31. The van der Waals surface area contributed by atoms with E-state index in [9.17, 15) is 25.0 Å². The van der Waals surface area contributed by atoms with Gasteiger partial charge in [-0.1, -0.05) is 35.3 Å². The average Bonchev–Trinajstić information content (AvgIpc) is 3.29. The van der Waals surface area contributed by atoms with Gasteiger partial charge in [-0.2, -0.15) is 5.26 Å². The van der Waals surface area contributed by atoms with E-state index in [2.05, 4.69) is 0 Å². The van der Waals surface area contributed by atoms with Crippen molar-refractivity contribution in [3.63, 3.8) is 0 Å². The van der Waals surface area contributed by atoms with Crippen molar-refractivity contribution in [3.05, 3.63) is 110 Å². The van der Waals surface area contributed by atoms with Crippen LogP contribution in [0.3, 0.4) is 0 Å². The molecule has 1 saturated heterocycles. The summed E-state index contributed by atoms with van der Waals surface area (Å²) in [5.41, 5.74) is 0.452. The fraction of sp³-hybridized carbons (Fsp3) is 0.222. The van der Waals surface area contributed by atoms with Crippen molar-refractivity contribution in [1.82, 2.24) is 0 Å². The van der Waals surface area contributed by atoms with Crippen molar-refractivity contribution in [2.75, 3.05) is 6.61 Å². The van der Waals surface area contributed by atoms with Crippen LogP contribution in [0.5, 0.6) is 0 Å². The van der Waals surface area contributed by atoms with Crippen molar-refractivity contribution in [3.8, 4) is 6.07 Å². The summed E-state index contributed by atoms with van der Waals surface area (Å²) in [7, 11) is 0. The number of halogens is 2. The van der Waals surface area contributed by atoms with Crippen molar-refractivity contribution in [2.24, 2.45) is 0 Å². The Morgan fingerprint density at radius 2 is 1.59 bits per heavy atom. The number of ether oxygens (including phenoxy) is 4. The van der Waals surface area contributed by atoms with Gasteiger partial charge in [-0.05, 0) is 54.6 Å². The molecule has 3 atom stereocenters. The first kappa shape index (κ1) is 28.0.